The van der Waals surface area contributed by atoms with Gasteiger partial charge in [-0.3, -0.25) is 4.79 Å². The van der Waals surface area contributed by atoms with E-state index in [-0.39, 0.29) is 5.91 Å². The largest absolute Gasteiger partial charge is 0.493 e. The number of para-hydroxylation sites is 1. The lowest BCUT2D eigenvalue weighted by Gasteiger charge is -2.25. The molecule has 0 spiro atoms. The summed E-state index contributed by atoms with van der Waals surface area (Å²) in [6, 6.07) is 7.88. The molecule has 2 atom stereocenters. The molecule has 20 heavy (non-hydrogen) atoms. The predicted molar refractivity (Wildman–Crippen MR) is 78.5 cm³/mol. The lowest BCUT2D eigenvalue weighted by Crippen LogP contribution is -2.38. The third-order valence-corrected chi connectivity index (χ3v) is 5.49. The lowest BCUT2D eigenvalue weighted by atomic mass is 10.2. The quantitative estimate of drug-likeness (QED) is 0.852. The zero-order valence-corrected chi connectivity index (χ0v) is 12.0. The van der Waals surface area contributed by atoms with Gasteiger partial charge in [0.2, 0.25) is 0 Å². The summed E-state index contributed by atoms with van der Waals surface area (Å²) >= 11 is 1.98. The number of carbonyl (C=O) groups excluding carboxylic acids is 1. The fourth-order valence-corrected chi connectivity index (χ4v) is 4.53. The average molecular weight is 289 g/mol. The van der Waals surface area contributed by atoms with Crippen molar-refractivity contribution in [2.75, 3.05) is 19.4 Å². The number of carbonyl (C=O) groups is 1. The van der Waals surface area contributed by atoms with Crippen molar-refractivity contribution < 1.29 is 13.9 Å². The van der Waals surface area contributed by atoms with Gasteiger partial charge < -0.3 is 14.1 Å². The monoisotopic (exact) mass is 289 g/mol. The molecule has 104 valence electrons. The van der Waals surface area contributed by atoms with Crippen molar-refractivity contribution in [3.05, 3.63) is 30.0 Å². The van der Waals surface area contributed by atoms with Crippen LogP contribution in [0.25, 0.3) is 11.0 Å². The molecule has 2 saturated heterocycles. The Morgan fingerprint density at radius 2 is 2.40 bits per heavy atom. The van der Waals surface area contributed by atoms with Gasteiger partial charge >= 0.3 is 0 Å². The van der Waals surface area contributed by atoms with E-state index in [1.54, 1.807) is 7.11 Å². The fraction of sp³-hybridized carbons (Fsp3) is 0.400. The number of fused-ring (bicyclic) bond motifs is 3. The Morgan fingerprint density at radius 1 is 1.50 bits per heavy atom. The van der Waals surface area contributed by atoms with Crippen LogP contribution in [0, 0.1) is 0 Å². The second kappa shape index (κ2) is 4.45. The molecule has 1 aromatic carbocycles. The Balaban J connectivity index is 1.70. The smallest absolute Gasteiger partial charge is 0.289 e. The van der Waals surface area contributed by atoms with Crippen LogP contribution >= 0.6 is 11.8 Å². The van der Waals surface area contributed by atoms with Gasteiger partial charge in [0.1, 0.15) is 0 Å². The highest BCUT2D eigenvalue weighted by Crippen LogP contribution is 2.38. The molecule has 2 aliphatic rings. The van der Waals surface area contributed by atoms with E-state index in [9.17, 15) is 4.79 Å². The minimum Gasteiger partial charge on any atom is -0.493 e. The summed E-state index contributed by atoms with van der Waals surface area (Å²) < 4.78 is 11.0. The van der Waals surface area contributed by atoms with E-state index in [2.05, 4.69) is 0 Å². The second-order valence-electron chi connectivity index (χ2n) is 5.29. The van der Waals surface area contributed by atoms with Gasteiger partial charge in [-0.05, 0) is 18.6 Å². The molecule has 2 bridgehead atoms. The molecule has 3 heterocycles. The van der Waals surface area contributed by atoms with Gasteiger partial charge in [0.15, 0.2) is 17.1 Å². The van der Waals surface area contributed by atoms with Gasteiger partial charge in [0.25, 0.3) is 5.91 Å². The first-order valence-corrected chi connectivity index (χ1v) is 7.80. The molecule has 0 saturated carbocycles. The molecule has 2 unspecified atom stereocenters. The number of amides is 1. The summed E-state index contributed by atoms with van der Waals surface area (Å²) in [5, 5.41) is 1.52. The molecule has 2 aromatic rings. The molecule has 0 aliphatic carbocycles. The molecule has 2 aliphatic heterocycles. The van der Waals surface area contributed by atoms with E-state index in [0.29, 0.717) is 28.4 Å². The maximum atomic E-state index is 12.6. The average Bonchev–Trinajstić information content (AvgIpc) is 3.19. The van der Waals surface area contributed by atoms with Gasteiger partial charge in [-0.1, -0.05) is 12.1 Å². The first-order valence-electron chi connectivity index (χ1n) is 6.75. The first-order chi connectivity index (χ1) is 9.76. The molecule has 1 amide bonds. The number of likely N-dealkylation sites (tertiary alicyclic amines) is 1. The minimum absolute atomic E-state index is 0.0102. The molecular formula is C15H15NO3S. The van der Waals surface area contributed by atoms with E-state index in [1.807, 2.05) is 40.9 Å². The van der Waals surface area contributed by atoms with E-state index >= 15 is 0 Å². The summed E-state index contributed by atoms with van der Waals surface area (Å²) in [4.78, 5) is 14.6. The highest BCUT2D eigenvalue weighted by molar-refractivity contribution is 8.00. The van der Waals surface area contributed by atoms with Crippen LogP contribution in [0.3, 0.4) is 0 Å². The molecule has 1 aromatic heterocycles. The maximum Gasteiger partial charge on any atom is 0.289 e. The summed E-state index contributed by atoms with van der Waals surface area (Å²) in [5.41, 5.74) is 0.650. The molecular weight excluding hydrogens is 274 g/mol. The minimum atomic E-state index is 0.0102. The van der Waals surface area contributed by atoms with Crippen LogP contribution in [-0.2, 0) is 0 Å². The standard InChI is InChI=1S/C15H15NO3S/c1-18-12-4-2-3-9-5-13(19-14(9)12)15(17)16-7-11-6-10(16)8-20-11/h2-5,10-11H,6-8H2,1H3. The van der Waals surface area contributed by atoms with Gasteiger partial charge in [-0.25, -0.2) is 0 Å². The first kappa shape index (κ1) is 12.1. The zero-order chi connectivity index (χ0) is 13.7. The fourth-order valence-electron chi connectivity index (χ4n) is 3.09. The highest BCUT2D eigenvalue weighted by atomic mass is 32.2. The number of ether oxygens (including phenoxy) is 1. The maximum absolute atomic E-state index is 12.6. The van der Waals surface area contributed by atoms with E-state index < -0.39 is 0 Å². The van der Waals surface area contributed by atoms with E-state index in [4.69, 9.17) is 9.15 Å². The third kappa shape index (κ3) is 1.73. The van der Waals surface area contributed by atoms with Crippen molar-refractivity contribution in [3.8, 4) is 5.75 Å². The Kier molecular flexibility index (Phi) is 2.70. The molecule has 2 fully saturated rings. The van der Waals surface area contributed by atoms with Crippen LogP contribution in [0.15, 0.2) is 28.7 Å². The Hall–Kier alpha value is -1.62. The van der Waals surface area contributed by atoms with Gasteiger partial charge in [0, 0.05) is 29.0 Å². The van der Waals surface area contributed by atoms with Crippen molar-refractivity contribution in [1.82, 2.24) is 4.90 Å². The number of furan rings is 1. The Bertz CT molecular complexity index is 681. The van der Waals surface area contributed by atoms with E-state index in [0.717, 1.165) is 24.1 Å². The third-order valence-electron chi connectivity index (χ3n) is 4.10. The molecule has 0 radical (unpaired) electrons. The number of benzene rings is 1. The molecule has 5 heteroatoms. The van der Waals surface area contributed by atoms with Crippen molar-refractivity contribution >= 4 is 28.6 Å². The SMILES string of the molecule is COc1cccc2cc(C(=O)N3CC4CC3CS4)oc12. The van der Waals surface area contributed by atoms with Crippen LogP contribution in [0.4, 0.5) is 0 Å². The highest BCUT2D eigenvalue weighted by Gasteiger charge is 2.42. The predicted octanol–water partition coefficient (Wildman–Crippen LogP) is 2.77. The van der Waals surface area contributed by atoms with Crippen molar-refractivity contribution in [2.24, 2.45) is 0 Å². The molecule has 4 nitrogen and oxygen atoms in total. The van der Waals surface area contributed by atoms with Crippen LogP contribution in [0.5, 0.6) is 5.75 Å². The number of thioether (sulfide) groups is 1. The summed E-state index contributed by atoms with van der Waals surface area (Å²) in [6.45, 7) is 0.850. The normalized spacial score (nSPS) is 24.6. The molecule has 0 N–H and O–H groups in total. The van der Waals surface area contributed by atoms with Gasteiger partial charge in [-0.15, -0.1) is 0 Å². The van der Waals surface area contributed by atoms with Crippen LogP contribution in [-0.4, -0.2) is 41.5 Å². The van der Waals surface area contributed by atoms with Crippen LogP contribution in [0.2, 0.25) is 0 Å². The second-order valence-corrected chi connectivity index (χ2v) is 6.62. The Morgan fingerprint density at radius 3 is 3.10 bits per heavy atom. The number of hydrogen-bond donors (Lipinski definition) is 0. The topological polar surface area (TPSA) is 42.7 Å². The van der Waals surface area contributed by atoms with Crippen LogP contribution in [0.1, 0.15) is 17.0 Å². The number of rotatable bonds is 2. The lowest BCUT2D eigenvalue weighted by molar-refractivity contribution is 0.0717. The van der Waals surface area contributed by atoms with Crippen LogP contribution < -0.4 is 4.74 Å². The number of methoxy groups -OCH3 is 1. The van der Waals surface area contributed by atoms with Gasteiger partial charge in [0.05, 0.1) is 7.11 Å². The van der Waals surface area contributed by atoms with Crippen molar-refractivity contribution in [3.63, 3.8) is 0 Å². The summed E-state index contributed by atoms with van der Waals surface area (Å²) in [5.74, 6) is 2.15. The molecule has 4 rings (SSSR count). The number of hydrogen-bond acceptors (Lipinski definition) is 4. The van der Waals surface area contributed by atoms with Crippen molar-refractivity contribution in [1.29, 1.82) is 0 Å². The zero-order valence-electron chi connectivity index (χ0n) is 11.2. The van der Waals surface area contributed by atoms with Gasteiger partial charge in [-0.2, -0.15) is 11.8 Å². The Labute approximate surface area is 121 Å². The van der Waals surface area contributed by atoms with Crippen molar-refractivity contribution in [2.45, 2.75) is 17.7 Å². The summed E-state index contributed by atoms with van der Waals surface area (Å²) in [6.07, 6.45) is 1.12. The van der Waals surface area contributed by atoms with E-state index in [1.165, 1.54) is 0 Å². The summed E-state index contributed by atoms with van der Waals surface area (Å²) in [7, 11) is 1.61. The number of nitrogens with zero attached hydrogens (tertiary/aromatic N) is 1.